The summed E-state index contributed by atoms with van der Waals surface area (Å²) in [5.74, 6) is -0.939. The maximum atomic E-state index is 12.6. The van der Waals surface area contributed by atoms with Gasteiger partial charge in [0.2, 0.25) is 0 Å². The van der Waals surface area contributed by atoms with E-state index >= 15 is 0 Å². The summed E-state index contributed by atoms with van der Waals surface area (Å²) >= 11 is 0. The fourth-order valence-corrected chi connectivity index (χ4v) is 3.76. The van der Waals surface area contributed by atoms with Crippen molar-refractivity contribution in [3.05, 3.63) is 77.4 Å². The van der Waals surface area contributed by atoms with Gasteiger partial charge in [-0.15, -0.1) is 0 Å². The number of amides is 1. The summed E-state index contributed by atoms with van der Waals surface area (Å²) in [5, 5.41) is 2.69. The van der Waals surface area contributed by atoms with E-state index in [1.165, 1.54) is 21.3 Å². The number of methoxy groups -OCH3 is 1. The lowest BCUT2D eigenvalue weighted by Crippen LogP contribution is -2.41. The molecule has 0 spiro atoms. The van der Waals surface area contributed by atoms with Crippen molar-refractivity contribution in [3.63, 3.8) is 0 Å². The fraction of sp³-hybridized carbons (Fsp3) is 0.273. The summed E-state index contributed by atoms with van der Waals surface area (Å²) in [6.45, 7) is 0. The van der Waals surface area contributed by atoms with E-state index in [1.807, 2.05) is 42.5 Å². The van der Waals surface area contributed by atoms with Crippen LogP contribution in [0.3, 0.4) is 0 Å². The van der Waals surface area contributed by atoms with Crippen LogP contribution in [0.25, 0.3) is 6.08 Å². The molecule has 30 heavy (non-hydrogen) atoms. The second-order valence-electron chi connectivity index (χ2n) is 6.43. The molecule has 0 aliphatic heterocycles. The van der Waals surface area contributed by atoms with Gasteiger partial charge in [-0.2, -0.15) is 0 Å². The van der Waals surface area contributed by atoms with Gasteiger partial charge in [0.25, 0.3) is 5.91 Å². The molecule has 2 rings (SSSR count). The van der Waals surface area contributed by atoms with Gasteiger partial charge in [-0.3, -0.25) is 9.36 Å². The molecule has 2 aromatic rings. The van der Waals surface area contributed by atoms with Gasteiger partial charge in [0, 0.05) is 19.8 Å². The molecule has 0 bridgehead atoms. The molecular formula is C22H26NO6P. The Bertz CT molecular complexity index is 903. The normalized spacial score (nSPS) is 12.5. The summed E-state index contributed by atoms with van der Waals surface area (Å²) in [5.41, 5.74) is 2.06. The zero-order valence-electron chi connectivity index (χ0n) is 17.2. The molecular weight excluding hydrogens is 405 g/mol. The highest BCUT2D eigenvalue weighted by Crippen LogP contribution is 2.49. The van der Waals surface area contributed by atoms with Crippen molar-refractivity contribution in [1.29, 1.82) is 0 Å². The average molecular weight is 431 g/mol. The lowest BCUT2D eigenvalue weighted by atomic mass is 10.1. The molecule has 0 aliphatic rings. The number of nitrogens with one attached hydrogen (secondary N) is 1. The van der Waals surface area contributed by atoms with Gasteiger partial charge < -0.3 is 19.1 Å². The molecule has 0 aliphatic carbocycles. The molecule has 0 unspecified atom stereocenters. The molecule has 7 nitrogen and oxygen atoms in total. The third-order valence-electron chi connectivity index (χ3n) is 4.42. The molecule has 1 amide bonds. The summed E-state index contributed by atoms with van der Waals surface area (Å²) < 4.78 is 26.9. The summed E-state index contributed by atoms with van der Waals surface area (Å²) in [4.78, 5) is 24.6. The summed E-state index contributed by atoms with van der Waals surface area (Å²) in [7, 11) is 0.739. The number of rotatable bonds is 10. The SMILES string of the molecule is COC(=O)[C@@H](C/C=C/c1ccccc1)NC(=O)c1ccc(CP(=O)(OC)OC)cc1. The molecule has 0 aromatic heterocycles. The Morgan fingerprint density at radius 2 is 1.63 bits per heavy atom. The maximum absolute atomic E-state index is 12.6. The summed E-state index contributed by atoms with van der Waals surface area (Å²) in [6.07, 6.45) is 4.07. The first kappa shape index (κ1) is 23.5. The average Bonchev–Trinajstić information content (AvgIpc) is 2.78. The first-order valence-electron chi connectivity index (χ1n) is 9.30. The minimum atomic E-state index is -3.19. The van der Waals surface area contributed by atoms with Crippen LogP contribution in [-0.4, -0.2) is 39.2 Å². The van der Waals surface area contributed by atoms with Gasteiger partial charge in [-0.1, -0.05) is 54.6 Å². The number of hydrogen-bond acceptors (Lipinski definition) is 6. The van der Waals surface area contributed by atoms with Gasteiger partial charge in [-0.05, 0) is 29.7 Å². The predicted molar refractivity (Wildman–Crippen MR) is 115 cm³/mol. The first-order chi connectivity index (χ1) is 14.4. The van der Waals surface area contributed by atoms with Crippen LogP contribution < -0.4 is 5.32 Å². The van der Waals surface area contributed by atoms with E-state index in [-0.39, 0.29) is 12.6 Å². The third-order valence-corrected chi connectivity index (χ3v) is 6.29. The largest absolute Gasteiger partial charge is 0.467 e. The molecule has 0 saturated carbocycles. The quantitative estimate of drug-likeness (QED) is 0.451. The van der Waals surface area contributed by atoms with Crippen molar-refractivity contribution in [1.82, 2.24) is 5.32 Å². The topological polar surface area (TPSA) is 90.9 Å². The van der Waals surface area contributed by atoms with Crippen molar-refractivity contribution in [3.8, 4) is 0 Å². The van der Waals surface area contributed by atoms with Crippen LogP contribution in [0.15, 0.2) is 60.7 Å². The molecule has 1 N–H and O–H groups in total. The zero-order chi connectivity index (χ0) is 22.0. The molecule has 0 fully saturated rings. The van der Waals surface area contributed by atoms with Crippen LogP contribution in [0.2, 0.25) is 0 Å². The van der Waals surface area contributed by atoms with Crippen molar-refractivity contribution >= 4 is 25.5 Å². The van der Waals surface area contributed by atoms with E-state index in [4.69, 9.17) is 13.8 Å². The van der Waals surface area contributed by atoms with Gasteiger partial charge in [-0.25, -0.2) is 4.79 Å². The van der Waals surface area contributed by atoms with Crippen LogP contribution in [0, 0.1) is 0 Å². The molecule has 0 saturated heterocycles. The van der Waals surface area contributed by atoms with E-state index < -0.39 is 25.5 Å². The molecule has 1 atom stereocenters. The molecule has 0 radical (unpaired) electrons. The van der Waals surface area contributed by atoms with Crippen LogP contribution in [-0.2, 0) is 29.3 Å². The molecule has 0 heterocycles. The van der Waals surface area contributed by atoms with Gasteiger partial charge >= 0.3 is 13.6 Å². The van der Waals surface area contributed by atoms with Gasteiger partial charge in [0.15, 0.2) is 0 Å². The highest BCUT2D eigenvalue weighted by molar-refractivity contribution is 7.52. The standard InChI is InChI=1S/C22H26NO6P/c1-27-22(25)20(11-7-10-17-8-5-4-6-9-17)23-21(24)19-14-12-18(13-15-19)16-30(26,28-2)29-3/h4-10,12-15,20H,11,16H2,1-3H3,(H,23,24)/b10-7+/t20-/m1/s1. The molecule has 2 aromatic carbocycles. The van der Waals surface area contributed by atoms with E-state index in [0.717, 1.165) is 5.56 Å². The Balaban J connectivity index is 2.03. The van der Waals surface area contributed by atoms with Crippen LogP contribution in [0.4, 0.5) is 0 Å². The second kappa shape index (κ2) is 11.5. The molecule has 8 heteroatoms. The monoisotopic (exact) mass is 431 g/mol. The number of esters is 1. The lowest BCUT2D eigenvalue weighted by Gasteiger charge is -2.16. The first-order valence-corrected chi connectivity index (χ1v) is 11.0. The Hall–Kier alpha value is -2.73. The highest BCUT2D eigenvalue weighted by Gasteiger charge is 2.23. The van der Waals surface area contributed by atoms with Crippen molar-refractivity contribution in [2.24, 2.45) is 0 Å². The smallest absolute Gasteiger partial charge is 0.334 e. The summed E-state index contributed by atoms with van der Waals surface area (Å²) in [6, 6.07) is 15.3. The third kappa shape index (κ3) is 6.95. The van der Waals surface area contributed by atoms with Crippen molar-refractivity contribution in [2.45, 2.75) is 18.6 Å². The highest BCUT2D eigenvalue weighted by atomic mass is 31.2. The number of carbonyl (C=O) groups excluding carboxylic acids is 2. The number of ether oxygens (including phenoxy) is 1. The number of hydrogen-bond donors (Lipinski definition) is 1. The van der Waals surface area contributed by atoms with Crippen LogP contribution in [0.5, 0.6) is 0 Å². The predicted octanol–water partition coefficient (Wildman–Crippen LogP) is 4.05. The number of benzene rings is 2. The van der Waals surface area contributed by atoms with Crippen molar-refractivity contribution < 1.29 is 27.9 Å². The maximum Gasteiger partial charge on any atom is 0.334 e. The Morgan fingerprint density at radius 3 is 2.20 bits per heavy atom. The van der Waals surface area contributed by atoms with E-state index in [1.54, 1.807) is 24.3 Å². The van der Waals surface area contributed by atoms with Crippen LogP contribution >= 0.6 is 7.60 Å². The van der Waals surface area contributed by atoms with Gasteiger partial charge in [0.05, 0.1) is 13.3 Å². The minimum absolute atomic E-state index is 0.0942. The van der Waals surface area contributed by atoms with E-state index in [2.05, 4.69) is 5.32 Å². The Kier molecular flexibility index (Phi) is 8.99. The van der Waals surface area contributed by atoms with Crippen molar-refractivity contribution in [2.75, 3.05) is 21.3 Å². The van der Waals surface area contributed by atoms with E-state index in [9.17, 15) is 14.2 Å². The fourth-order valence-electron chi connectivity index (χ4n) is 2.69. The van der Waals surface area contributed by atoms with Gasteiger partial charge in [0.1, 0.15) is 6.04 Å². The zero-order valence-corrected chi connectivity index (χ0v) is 18.1. The molecule has 160 valence electrons. The number of carbonyl (C=O) groups is 2. The Labute approximate surface area is 176 Å². The second-order valence-corrected chi connectivity index (χ2v) is 8.70. The van der Waals surface area contributed by atoms with E-state index in [0.29, 0.717) is 11.1 Å². The minimum Gasteiger partial charge on any atom is -0.467 e. The Morgan fingerprint density at radius 1 is 1.00 bits per heavy atom. The lowest BCUT2D eigenvalue weighted by molar-refractivity contribution is -0.142. The van der Waals surface area contributed by atoms with Crippen LogP contribution in [0.1, 0.15) is 27.9 Å².